The quantitative estimate of drug-likeness (QED) is 0.530. The SMILES string of the molecule is N#CC(C(N)=O)c1c(-c2ccc(Cl)cc2)[nH]c2c1c(=O)oc1ccccc12. The van der Waals surface area contributed by atoms with E-state index in [-0.39, 0.29) is 10.9 Å². The van der Waals surface area contributed by atoms with Gasteiger partial charge in [-0.1, -0.05) is 35.9 Å². The molecule has 0 saturated carbocycles. The van der Waals surface area contributed by atoms with Crippen LogP contribution in [0.25, 0.3) is 33.1 Å². The number of H-pyrrole nitrogens is 1. The molecule has 4 rings (SSSR count). The summed E-state index contributed by atoms with van der Waals surface area (Å²) in [6.07, 6.45) is 0. The van der Waals surface area contributed by atoms with Crippen LogP contribution in [0.15, 0.2) is 57.7 Å². The number of amides is 1. The van der Waals surface area contributed by atoms with Gasteiger partial charge in [0.05, 0.1) is 22.7 Å². The zero-order valence-electron chi connectivity index (χ0n) is 13.8. The number of hydrogen-bond donors (Lipinski definition) is 2. The molecule has 4 aromatic rings. The maximum atomic E-state index is 12.7. The number of primary amides is 1. The number of carbonyl (C=O) groups excluding carboxylic acids is 1. The van der Waals surface area contributed by atoms with E-state index in [2.05, 4.69) is 4.98 Å². The Hall–Kier alpha value is -3.56. The molecule has 0 radical (unpaired) electrons. The van der Waals surface area contributed by atoms with Gasteiger partial charge in [-0.05, 0) is 29.8 Å². The number of hydrogen-bond acceptors (Lipinski definition) is 4. The Balaban J connectivity index is 2.19. The van der Waals surface area contributed by atoms with Crippen LogP contribution >= 0.6 is 11.6 Å². The maximum absolute atomic E-state index is 12.7. The summed E-state index contributed by atoms with van der Waals surface area (Å²) in [5, 5.41) is 10.9. The molecule has 0 aliphatic rings. The highest BCUT2D eigenvalue weighted by atomic mass is 35.5. The summed E-state index contributed by atoms with van der Waals surface area (Å²) >= 11 is 5.96. The third kappa shape index (κ3) is 2.65. The standard InChI is InChI=1S/C20H12ClN3O3/c21-11-7-5-10(6-8-11)17-15(13(9-22)19(23)25)16-18(24-17)12-3-1-2-4-14(12)27-20(16)26/h1-8,13,24H,(H2,23,25). The maximum Gasteiger partial charge on any atom is 0.346 e. The second kappa shape index (κ2) is 6.31. The van der Waals surface area contributed by atoms with E-state index in [9.17, 15) is 14.9 Å². The Morgan fingerprint density at radius 2 is 1.89 bits per heavy atom. The minimum absolute atomic E-state index is 0.143. The van der Waals surface area contributed by atoms with Gasteiger partial charge in [-0.15, -0.1) is 0 Å². The molecule has 0 aliphatic carbocycles. The molecule has 6 nitrogen and oxygen atoms in total. The lowest BCUT2D eigenvalue weighted by Gasteiger charge is -2.08. The van der Waals surface area contributed by atoms with Gasteiger partial charge in [0.25, 0.3) is 0 Å². The van der Waals surface area contributed by atoms with Gasteiger partial charge >= 0.3 is 5.63 Å². The molecule has 0 spiro atoms. The molecule has 2 heterocycles. The molecule has 2 aromatic heterocycles. The fourth-order valence-electron chi connectivity index (χ4n) is 3.24. The van der Waals surface area contributed by atoms with Gasteiger partial charge < -0.3 is 15.1 Å². The van der Waals surface area contributed by atoms with Crippen molar-refractivity contribution in [3.63, 3.8) is 0 Å². The molecule has 7 heteroatoms. The molecule has 0 fully saturated rings. The third-order valence-electron chi connectivity index (χ3n) is 4.44. The van der Waals surface area contributed by atoms with Crippen molar-refractivity contribution in [2.75, 3.05) is 0 Å². The lowest BCUT2D eigenvalue weighted by Crippen LogP contribution is -2.21. The Bertz CT molecular complexity index is 1300. The van der Waals surface area contributed by atoms with E-state index in [1.165, 1.54) is 0 Å². The van der Waals surface area contributed by atoms with Crippen molar-refractivity contribution in [2.45, 2.75) is 5.92 Å². The van der Waals surface area contributed by atoms with Gasteiger partial charge in [0.2, 0.25) is 5.91 Å². The first kappa shape index (κ1) is 16.9. The predicted molar refractivity (Wildman–Crippen MR) is 102 cm³/mol. The number of nitriles is 1. The number of nitrogens with zero attached hydrogens (tertiary/aromatic N) is 1. The van der Waals surface area contributed by atoms with Gasteiger partial charge in [-0.25, -0.2) is 4.79 Å². The summed E-state index contributed by atoms with van der Waals surface area (Å²) in [4.78, 5) is 27.8. The number of para-hydroxylation sites is 1. The summed E-state index contributed by atoms with van der Waals surface area (Å²) < 4.78 is 5.40. The highest BCUT2D eigenvalue weighted by Crippen LogP contribution is 2.37. The molecule has 27 heavy (non-hydrogen) atoms. The van der Waals surface area contributed by atoms with Crippen LogP contribution in [0.5, 0.6) is 0 Å². The number of fused-ring (bicyclic) bond motifs is 3. The molecule has 3 N–H and O–H groups in total. The van der Waals surface area contributed by atoms with Crippen molar-refractivity contribution in [3.05, 3.63) is 69.5 Å². The van der Waals surface area contributed by atoms with Crippen molar-refractivity contribution in [1.82, 2.24) is 4.98 Å². The number of aromatic nitrogens is 1. The average Bonchev–Trinajstić information content (AvgIpc) is 3.04. The topological polar surface area (TPSA) is 113 Å². The summed E-state index contributed by atoms with van der Waals surface area (Å²) in [6.45, 7) is 0. The summed E-state index contributed by atoms with van der Waals surface area (Å²) in [5.74, 6) is -2.16. The lowest BCUT2D eigenvalue weighted by atomic mass is 9.94. The van der Waals surface area contributed by atoms with E-state index in [1.54, 1.807) is 48.5 Å². The number of rotatable bonds is 3. The minimum atomic E-state index is -1.31. The van der Waals surface area contributed by atoms with Crippen molar-refractivity contribution in [3.8, 4) is 17.3 Å². The summed E-state index contributed by atoms with van der Waals surface area (Å²) in [6, 6.07) is 15.7. The van der Waals surface area contributed by atoms with Gasteiger partial charge in [0.15, 0.2) is 5.92 Å². The largest absolute Gasteiger partial charge is 0.422 e. The van der Waals surface area contributed by atoms with Crippen LogP contribution in [0, 0.1) is 11.3 Å². The van der Waals surface area contributed by atoms with Crippen molar-refractivity contribution in [2.24, 2.45) is 5.73 Å². The molecule has 1 atom stereocenters. The van der Waals surface area contributed by atoms with E-state index in [0.717, 1.165) is 0 Å². The van der Waals surface area contributed by atoms with Crippen molar-refractivity contribution < 1.29 is 9.21 Å². The molecule has 2 aromatic carbocycles. The third-order valence-corrected chi connectivity index (χ3v) is 4.69. The number of halogens is 1. The lowest BCUT2D eigenvalue weighted by molar-refractivity contribution is -0.118. The molecule has 1 amide bonds. The predicted octanol–water partition coefficient (Wildman–Crippen LogP) is 3.69. The van der Waals surface area contributed by atoms with Crippen LogP contribution < -0.4 is 11.4 Å². The summed E-state index contributed by atoms with van der Waals surface area (Å²) in [5.41, 5.74) is 7.01. The van der Waals surface area contributed by atoms with Crippen LogP contribution in [0.3, 0.4) is 0 Å². The van der Waals surface area contributed by atoms with Crippen molar-refractivity contribution >= 4 is 39.4 Å². The van der Waals surface area contributed by atoms with E-state index >= 15 is 0 Å². The van der Waals surface area contributed by atoms with Crippen LogP contribution in [0.4, 0.5) is 0 Å². The van der Waals surface area contributed by atoms with Crippen LogP contribution in [-0.4, -0.2) is 10.9 Å². The number of nitrogens with two attached hydrogens (primary N) is 1. The van der Waals surface area contributed by atoms with E-state index < -0.39 is 17.5 Å². The van der Waals surface area contributed by atoms with Crippen LogP contribution in [-0.2, 0) is 4.79 Å². The van der Waals surface area contributed by atoms with E-state index in [0.29, 0.717) is 32.8 Å². The first-order valence-electron chi connectivity index (χ1n) is 8.03. The van der Waals surface area contributed by atoms with Gasteiger partial charge in [-0.2, -0.15) is 5.26 Å². The second-order valence-electron chi connectivity index (χ2n) is 6.02. The Kier molecular flexibility index (Phi) is 3.94. The molecule has 1 unspecified atom stereocenters. The summed E-state index contributed by atoms with van der Waals surface area (Å²) in [7, 11) is 0. The smallest absolute Gasteiger partial charge is 0.346 e. The van der Waals surface area contributed by atoms with Gasteiger partial charge in [0, 0.05) is 16.0 Å². The Morgan fingerprint density at radius 3 is 2.56 bits per heavy atom. The molecule has 0 saturated heterocycles. The zero-order valence-corrected chi connectivity index (χ0v) is 14.6. The number of benzene rings is 2. The molecule has 0 bridgehead atoms. The van der Waals surface area contributed by atoms with Crippen LogP contribution in [0.1, 0.15) is 11.5 Å². The van der Waals surface area contributed by atoms with E-state index in [1.807, 2.05) is 6.07 Å². The fourth-order valence-corrected chi connectivity index (χ4v) is 3.37. The molecular weight excluding hydrogens is 366 g/mol. The zero-order chi connectivity index (χ0) is 19.1. The first-order chi connectivity index (χ1) is 13.0. The van der Waals surface area contributed by atoms with Crippen molar-refractivity contribution in [1.29, 1.82) is 5.26 Å². The molecular formula is C20H12ClN3O3. The van der Waals surface area contributed by atoms with Gasteiger partial charge in [-0.3, -0.25) is 4.79 Å². The number of aromatic amines is 1. The van der Waals surface area contributed by atoms with Crippen LogP contribution in [0.2, 0.25) is 5.02 Å². The number of nitrogens with one attached hydrogen (secondary N) is 1. The average molecular weight is 378 g/mol. The Morgan fingerprint density at radius 1 is 1.19 bits per heavy atom. The first-order valence-corrected chi connectivity index (χ1v) is 8.41. The normalized spacial score (nSPS) is 12.1. The Labute approximate surface area is 157 Å². The minimum Gasteiger partial charge on any atom is -0.422 e. The molecule has 132 valence electrons. The second-order valence-corrected chi connectivity index (χ2v) is 6.46. The van der Waals surface area contributed by atoms with E-state index in [4.69, 9.17) is 21.8 Å². The molecule has 0 aliphatic heterocycles. The monoisotopic (exact) mass is 377 g/mol. The highest BCUT2D eigenvalue weighted by molar-refractivity contribution is 6.30. The fraction of sp³-hybridized carbons (Fsp3) is 0.0500. The highest BCUT2D eigenvalue weighted by Gasteiger charge is 2.29. The number of carbonyl (C=O) groups is 1. The van der Waals surface area contributed by atoms with Gasteiger partial charge in [0.1, 0.15) is 5.58 Å².